The molecule has 0 aliphatic heterocycles. The molecule has 1 fully saturated rings. The molecule has 30 heavy (non-hydrogen) atoms. The zero-order valence-corrected chi connectivity index (χ0v) is 15.6. The molecule has 7 nitrogen and oxygen atoms in total. The molecule has 1 saturated carbocycles. The van der Waals surface area contributed by atoms with Crippen molar-refractivity contribution in [2.45, 2.75) is 37.1 Å². The van der Waals surface area contributed by atoms with Gasteiger partial charge in [0.1, 0.15) is 6.10 Å². The van der Waals surface area contributed by atoms with Crippen LogP contribution in [0.4, 0.5) is 13.2 Å². The summed E-state index contributed by atoms with van der Waals surface area (Å²) in [7, 11) is 0. The molecule has 4 rings (SSSR count). The second-order valence-electron chi connectivity index (χ2n) is 7.26. The van der Waals surface area contributed by atoms with E-state index in [9.17, 15) is 23.1 Å². The number of carboxylic acid groups (broad SMARTS) is 1. The number of benzene rings is 1. The molecule has 2 aromatic heterocycles. The zero-order valence-electron chi connectivity index (χ0n) is 15.6. The van der Waals surface area contributed by atoms with Gasteiger partial charge < -0.3 is 14.9 Å². The fraction of sp³-hybridized carbons (Fsp3) is 0.350. The molecule has 1 aliphatic rings. The van der Waals surface area contributed by atoms with Crippen LogP contribution in [0, 0.1) is 0 Å². The fourth-order valence-electron chi connectivity index (χ4n) is 3.40. The molecule has 0 bridgehead atoms. The highest BCUT2D eigenvalue weighted by molar-refractivity contribution is 5.87. The Balaban J connectivity index is 1.52. The summed E-state index contributed by atoms with van der Waals surface area (Å²) in [5.41, 5.74) is -0.660. The number of ether oxygens (including phenoxy) is 1. The third-order valence-corrected chi connectivity index (χ3v) is 5.37. The van der Waals surface area contributed by atoms with E-state index < -0.39 is 30.5 Å². The van der Waals surface area contributed by atoms with Crippen molar-refractivity contribution >= 4 is 17.0 Å². The molecule has 0 spiro atoms. The average molecular weight is 421 g/mol. The van der Waals surface area contributed by atoms with Gasteiger partial charge in [0.15, 0.2) is 11.2 Å². The molecule has 1 aliphatic carbocycles. The minimum atomic E-state index is -4.47. The number of rotatable bonds is 6. The smallest absolute Gasteiger partial charge is 0.417 e. The van der Waals surface area contributed by atoms with Crippen LogP contribution in [0.3, 0.4) is 0 Å². The van der Waals surface area contributed by atoms with Crippen molar-refractivity contribution in [3.05, 3.63) is 53.9 Å². The van der Waals surface area contributed by atoms with Crippen molar-refractivity contribution in [1.82, 2.24) is 14.8 Å². The summed E-state index contributed by atoms with van der Waals surface area (Å²) < 4.78 is 46.2. The van der Waals surface area contributed by atoms with E-state index in [0.717, 1.165) is 0 Å². The van der Waals surface area contributed by atoms with Crippen molar-refractivity contribution in [3.63, 3.8) is 0 Å². The lowest BCUT2D eigenvalue weighted by molar-refractivity contribution is -0.308. The minimum absolute atomic E-state index is 0.103. The van der Waals surface area contributed by atoms with E-state index in [4.69, 9.17) is 9.84 Å². The van der Waals surface area contributed by atoms with Gasteiger partial charge in [-0.15, -0.1) is 0 Å². The van der Waals surface area contributed by atoms with Crippen LogP contribution < -0.4 is 0 Å². The first-order valence-corrected chi connectivity index (χ1v) is 9.26. The van der Waals surface area contributed by atoms with Crippen LogP contribution in [-0.4, -0.2) is 49.3 Å². The standard InChI is InChI=1S/C20H18F3N3O4/c21-20(22,23)19(6-1-7-19)30-11-16(27)13-8-14-10-25-26(17(14)24-9-13)15-4-2-12(3-5-15)18(28)29/h2-5,8-10,16,27H,1,6-7,11H2,(H,28,29). The van der Waals surface area contributed by atoms with Crippen LogP contribution in [-0.2, 0) is 4.74 Å². The molecular weight excluding hydrogens is 403 g/mol. The molecule has 158 valence electrons. The number of halogens is 3. The maximum Gasteiger partial charge on any atom is 0.417 e. The Bertz CT molecular complexity index is 1080. The van der Waals surface area contributed by atoms with Gasteiger partial charge in [-0.3, -0.25) is 0 Å². The Morgan fingerprint density at radius 3 is 2.50 bits per heavy atom. The molecule has 1 aromatic carbocycles. The van der Waals surface area contributed by atoms with Crippen LogP contribution in [0.15, 0.2) is 42.7 Å². The van der Waals surface area contributed by atoms with Crippen molar-refractivity contribution in [2.75, 3.05) is 6.61 Å². The van der Waals surface area contributed by atoms with Gasteiger partial charge in [0.2, 0.25) is 0 Å². The number of hydrogen-bond donors (Lipinski definition) is 2. The first-order valence-electron chi connectivity index (χ1n) is 9.26. The predicted molar refractivity (Wildman–Crippen MR) is 99.4 cm³/mol. The number of aliphatic hydroxyl groups excluding tert-OH is 1. The number of pyridine rings is 1. The van der Waals surface area contributed by atoms with Crippen LogP contribution in [0.2, 0.25) is 0 Å². The molecule has 2 heterocycles. The Morgan fingerprint density at radius 2 is 1.93 bits per heavy atom. The SMILES string of the molecule is O=C(O)c1ccc(-n2ncc3cc(C(O)COC4(C(F)(F)F)CCC4)cnc32)cc1. The quantitative estimate of drug-likeness (QED) is 0.631. The van der Waals surface area contributed by atoms with Gasteiger partial charge in [0.25, 0.3) is 0 Å². The lowest BCUT2D eigenvalue weighted by Gasteiger charge is -2.43. The maximum atomic E-state index is 13.2. The monoisotopic (exact) mass is 421 g/mol. The Morgan fingerprint density at radius 1 is 1.23 bits per heavy atom. The number of aromatic nitrogens is 3. The van der Waals surface area contributed by atoms with Crippen LogP contribution in [0.1, 0.15) is 41.3 Å². The van der Waals surface area contributed by atoms with Gasteiger partial charge in [0, 0.05) is 17.1 Å². The Kier molecular flexibility index (Phi) is 4.99. The van der Waals surface area contributed by atoms with Crippen molar-refractivity contribution in [2.24, 2.45) is 0 Å². The van der Waals surface area contributed by atoms with E-state index >= 15 is 0 Å². The molecule has 0 radical (unpaired) electrons. The molecule has 0 saturated heterocycles. The maximum absolute atomic E-state index is 13.2. The topological polar surface area (TPSA) is 97.5 Å². The van der Waals surface area contributed by atoms with E-state index in [1.807, 2.05) is 0 Å². The van der Waals surface area contributed by atoms with Crippen LogP contribution >= 0.6 is 0 Å². The molecule has 1 atom stereocenters. The lowest BCUT2D eigenvalue weighted by atomic mass is 9.79. The number of carboxylic acids is 1. The van der Waals surface area contributed by atoms with E-state index in [1.165, 1.54) is 29.2 Å². The number of nitrogens with zero attached hydrogens (tertiary/aromatic N) is 3. The van der Waals surface area contributed by atoms with Gasteiger partial charge in [-0.25, -0.2) is 14.5 Å². The number of aromatic carboxylic acids is 1. The number of alkyl halides is 3. The second kappa shape index (κ2) is 7.37. The summed E-state index contributed by atoms with van der Waals surface area (Å²) in [5.74, 6) is -1.04. The highest BCUT2D eigenvalue weighted by Crippen LogP contribution is 2.48. The van der Waals surface area contributed by atoms with E-state index in [1.54, 1.807) is 18.2 Å². The second-order valence-corrected chi connectivity index (χ2v) is 7.26. The third-order valence-electron chi connectivity index (χ3n) is 5.37. The normalized spacial score (nSPS) is 16.9. The number of hydrogen-bond acceptors (Lipinski definition) is 5. The van der Waals surface area contributed by atoms with E-state index in [-0.39, 0.29) is 18.4 Å². The molecule has 10 heteroatoms. The van der Waals surface area contributed by atoms with Gasteiger partial charge in [-0.2, -0.15) is 18.3 Å². The molecule has 1 unspecified atom stereocenters. The highest BCUT2D eigenvalue weighted by Gasteiger charge is 2.59. The molecular formula is C20H18F3N3O4. The van der Waals surface area contributed by atoms with Crippen molar-refractivity contribution < 1.29 is 32.9 Å². The summed E-state index contributed by atoms with van der Waals surface area (Å²) in [6, 6.07) is 7.65. The van der Waals surface area contributed by atoms with Crippen LogP contribution in [0.25, 0.3) is 16.7 Å². The van der Waals surface area contributed by atoms with Crippen molar-refractivity contribution in [3.8, 4) is 5.69 Å². The predicted octanol–water partition coefficient (Wildman–Crippen LogP) is 3.65. The van der Waals surface area contributed by atoms with Gasteiger partial charge >= 0.3 is 12.1 Å². The zero-order chi connectivity index (χ0) is 21.5. The molecule has 2 N–H and O–H groups in total. The first-order chi connectivity index (χ1) is 14.2. The third kappa shape index (κ3) is 3.52. The average Bonchev–Trinajstić information content (AvgIpc) is 3.09. The number of aliphatic hydroxyl groups is 1. The fourth-order valence-corrected chi connectivity index (χ4v) is 3.40. The number of fused-ring (bicyclic) bond motifs is 1. The summed E-state index contributed by atoms with van der Waals surface area (Å²) in [5, 5.41) is 24.1. The largest absolute Gasteiger partial charge is 0.478 e. The number of carbonyl (C=O) groups is 1. The van der Waals surface area contributed by atoms with Crippen molar-refractivity contribution in [1.29, 1.82) is 0 Å². The summed E-state index contributed by atoms with van der Waals surface area (Å²) in [6.45, 7) is -0.489. The van der Waals surface area contributed by atoms with Crippen LogP contribution in [0.5, 0.6) is 0 Å². The summed E-state index contributed by atoms with van der Waals surface area (Å²) in [4.78, 5) is 15.2. The Hall–Kier alpha value is -2.98. The van der Waals surface area contributed by atoms with Gasteiger partial charge in [-0.1, -0.05) is 0 Å². The molecule has 3 aromatic rings. The first kappa shape index (κ1) is 20.3. The lowest BCUT2D eigenvalue weighted by Crippen LogP contribution is -2.53. The van der Waals surface area contributed by atoms with E-state index in [2.05, 4.69) is 10.1 Å². The Labute approximate surface area is 168 Å². The van der Waals surface area contributed by atoms with Gasteiger partial charge in [-0.05, 0) is 49.6 Å². The van der Waals surface area contributed by atoms with E-state index in [0.29, 0.717) is 28.7 Å². The minimum Gasteiger partial charge on any atom is -0.478 e. The van der Waals surface area contributed by atoms with Gasteiger partial charge in [0.05, 0.1) is 24.1 Å². The summed E-state index contributed by atoms with van der Waals surface area (Å²) >= 11 is 0. The highest BCUT2D eigenvalue weighted by atomic mass is 19.4. The molecule has 0 amide bonds. The summed E-state index contributed by atoms with van der Waals surface area (Å²) in [6.07, 6.45) is -2.63.